The Kier molecular flexibility index (Phi) is 3.18. The van der Waals surface area contributed by atoms with E-state index in [1.54, 1.807) is 18.2 Å². The van der Waals surface area contributed by atoms with Crippen molar-refractivity contribution in [2.24, 2.45) is 0 Å². The summed E-state index contributed by atoms with van der Waals surface area (Å²) in [4.78, 5) is 8.60. The third kappa shape index (κ3) is 2.02. The molecule has 0 fully saturated rings. The lowest BCUT2D eigenvalue weighted by atomic mass is 10.2. The van der Waals surface area contributed by atoms with E-state index < -0.39 is 13.9 Å². The maximum absolute atomic E-state index is 10.5. The number of aliphatic hydroxyl groups excluding tert-OH is 1. The van der Waals surface area contributed by atoms with Crippen LogP contribution in [0.3, 0.4) is 0 Å². The van der Waals surface area contributed by atoms with Crippen LogP contribution in [-0.2, 0) is 4.57 Å². The van der Waals surface area contributed by atoms with Crippen molar-refractivity contribution in [3.05, 3.63) is 34.9 Å². The van der Waals surface area contributed by atoms with Crippen LogP contribution in [-0.4, -0.2) is 10.00 Å². The Hall–Kier alpha value is -0.470. The number of rotatable bonds is 2. The molecule has 2 atom stereocenters. The predicted molar refractivity (Wildman–Crippen MR) is 46.2 cm³/mol. The Balaban J connectivity index is 3.02. The second-order valence-corrected chi connectivity index (χ2v) is 3.70. The first-order valence-electron chi connectivity index (χ1n) is 3.20. The van der Waals surface area contributed by atoms with Crippen molar-refractivity contribution in [3.63, 3.8) is 0 Å². The molecule has 0 aliphatic carbocycles. The zero-order valence-electron chi connectivity index (χ0n) is 6.01. The summed E-state index contributed by atoms with van der Waals surface area (Å²) >= 11 is 5.66. The van der Waals surface area contributed by atoms with Crippen LogP contribution in [0.4, 0.5) is 0 Å². The fraction of sp³-hybridized carbons (Fsp3) is 0.143. The number of halogens is 1. The Morgan fingerprint density at radius 2 is 2.00 bits per heavy atom. The van der Waals surface area contributed by atoms with Gasteiger partial charge in [-0.2, -0.15) is 4.89 Å². The summed E-state index contributed by atoms with van der Waals surface area (Å²) in [7, 11) is -2.63. The monoisotopic (exact) mass is 205 g/mol. The molecule has 0 saturated carbocycles. The second-order valence-electron chi connectivity index (χ2n) is 2.20. The van der Waals surface area contributed by atoms with Gasteiger partial charge in [-0.1, -0.05) is 29.8 Å². The Labute approximate surface area is 75.5 Å². The van der Waals surface area contributed by atoms with Crippen LogP contribution in [0.25, 0.3) is 0 Å². The van der Waals surface area contributed by atoms with E-state index in [1.807, 2.05) is 0 Å². The minimum Gasteiger partial charge on any atom is -0.345 e. The van der Waals surface area contributed by atoms with Crippen molar-refractivity contribution in [1.29, 1.82) is 0 Å². The minimum atomic E-state index is -2.63. The van der Waals surface area contributed by atoms with E-state index in [4.69, 9.17) is 21.6 Å². The van der Waals surface area contributed by atoms with Crippen molar-refractivity contribution in [1.82, 2.24) is 0 Å². The number of hydrogen-bond donors (Lipinski definition) is 2. The minimum absolute atomic E-state index is 0.280. The topological polar surface area (TPSA) is 57.5 Å². The zero-order chi connectivity index (χ0) is 9.14. The Bertz CT molecular complexity index is 302. The van der Waals surface area contributed by atoms with E-state index in [0.29, 0.717) is 5.02 Å². The van der Waals surface area contributed by atoms with Gasteiger partial charge in [-0.25, -0.2) is 0 Å². The Morgan fingerprint density at radius 1 is 1.42 bits per heavy atom. The predicted octanol–water partition coefficient (Wildman–Crippen LogP) is 2.07. The molecule has 1 aromatic carbocycles. The Morgan fingerprint density at radius 3 is 2.50 bits per heavy atom. The third-order valence-electron chi connectivity index (χ3n) is 1.39. The SMILES string of the molecule is O=[P+](O)[C@H](O)c1ccccc1Cl. The average Bonchev–Trinajstić information content (AvgIpc) is 2.04. The van der Waals surface area contributed by atoms with Crippen LogP contribution in [0.15, 0.2) is 24.3 Å². The standard InChI is InChI=1S/C7H6ClO3P/c8-6-4-2-1-3-5(6)7(9)12(10)11/h1-4,7,9H/p+1/t7-/m0/s1. The quantitative estimate of drug-likeness (QED) is 0.727. The van der Waals surface area contributed by atoms with Gasteiger partial charge in [0, 0.05) is 0 Å². The van der Waals surface area contributed by atoms with Gasteiger partial charge in [0.2, 0.25) is 0 Å². The van der Waals surface area contributed by atoms with Gasteiger partial charge in [0.05, 0.1) is 10.6 Å². The summed E-state index contributed by atoms with van der Waals surface area (Å²) in [5.74, 6) is -1.39. The van der Waals surface area contributed by atoms with E-state index in [0.717, 1.165) is 0 Å². The fourth-order valence-electron chi connectivity index (χ4n) is 0.803. The van der Waals surface area contributed by atoms with Gasteiger partial charge in [0.25, 0.3) is 0 Å². The summed E-state index contributed by atoms with van der Waals surface area (Å²) in [5, 5.41) is 9.45. The van der Waals surface area contributed by atoms with E-state index in [2.05, 4.69) is 0 Å². The van der Waals surface area contributed by atoms with Crippen LogP contribution >= 0.6 is 19.6 Å². The molecule has 5 heteroatoms. The summed E-state index contributed by atoms with van der Waals surface area (Å²) < 4.78 is 10.5. The molecule has 3 nitrogen and oxygen atoms in total. The summed E-state index contributed by atoms with van der Waals surface area (Å²) in [6.45, 7) is 0. The van der Waals surface area contributed by atoms with Crippen molar-refractivity contribution in [2.45, 2.75) is 5.85 Å². The molecular formula is C7H7ClO3P+. The van der Waals surface area contributed by atoms with E-state index in [9.17, 15) is 4.57 Å². The first-order chi connectivity index (χ1) is 5.63. The van der Waals surface area contributed by atoms with Gasteiger partial charge in [0.1, 0.15) is 0 Å². The normalized spacial score (nSPS) is 14.1. The molecule has 0 saturated heterocycles. The summed E-state index contributed by atoms with van der Waals surface area (Å²) in [6.07, 6.45) is 0. The fourth-order valence-corrected chi connectivity index (χ4v) is 1.58. The molecule has 0 spiro atoms. The molecule has 0 heterocycles. The van der Waals surface area contributed by atoms with Crippen LogP contribution < -0.4 is 0 Å². The highest BCUT2D eigenvalue weighted by Gasteiger charge is 2.29. The van der Waals surface area contributed by atoms with Gasteiger partial charge in [-0.3, -0.25) is 0 Å². The van der Waals surface area contributed by atoms with Crippen molar-refractivity contribution < 1.29 is 14.6 Å². The molecule has 1 unspecified atom stereocenters. The van der Waals surface area contributed by atoms with E-state index in [-0.39, 0.29) is 5.56 Å². The van der Waals surface area contributed by atoms with Gasteiger partial charge >= 0.3 is 13.9 Å². The van der Waals surface area contributed by atoms with Gasteiger partial charge in [-0.15, -0.1) is 0 Å². The molecule has 0 aromatic heterocycles. The van der Waals surface area contributed by atoms with Crippen molar-refractivity contribution in [3.8, 4) is 0 Å². The molecule has 0 aliphatic heterocycles. The summed E-state index contributed by atoms with van der Waals surface area (Å²) in [5.41, 5.74) is 0.280. The highest BCUT2D eigenvalue weighted by molar-refractivity contribution is 7.38. The highest BCUT2D eigenvalue weighted by atomic mass is 35.5. The van der Waals surface area contributed by atoms with Crippen LogP contribution in [0, 0.1) is 0 Å². The number of benzene rings is 1. The van der Waals surface area contributed by atoms with Crippen molar-refractivity contribution in [2.75, 3.05) is 0 Å². The first kappa shape index (κ1) is 9.62. The molecule has 1 aromatic rings. The lowest BCUT2D eigenvalue weighted by molar-refractivity contribution is 0.243. The average molecular weight is 206 g/mol. The smallest absolute Gasteiger partial charge is 0.345 e. The van der Waals surface area contributed by atoms with Crippen LogP contribution in [0.2, 0.25) is 5.02 Å². The molecule has 0 aliphatic rings. The molecule has 0 amide bonds. The lowest BCUT2D eigenvalue weighted by Crippen LogP contribution is -1.91. The van der Waals surface area contributed by atoms with E-state index >= 15 is 0 Å². The van der Waals surface area contributed by atoms with Crippen LogP contribution in [0.1, 0.15) is 11.4 Å². The molecule has 2 N–H and O–H groups in total. The molecular weight excluding hydrogens is 199 g/mol. The van der Waals surface area contributed by atoms with Crippen molar-refractivity contribution >= 4 is 19.6 Å². The molecule has 64 valence electrons. The lowest BCUT2D eigenvalue weighted by Gasteiger charge is -1.99. The largest absolute Gasteiger partial charge is 0.542 e. The zero-order valence-corrected chi connectivity index (χ0v) is 7.66. The summed E-state index contributed by atoms with van der Waals surface area (Å²) in [6, 6.07) is 6.39. The van der Waals surface area contributed by atoms with Gasteiger partial charge in [-0.05, 0) is 10.6 Å². The molecule has 0 bridgehead atoms. The molecule has 0 radical (unpaired) electrons. The maximum atomic E-state index is 10.5. The number of hydrogen-bond acceptors (Lipinski definition) is 2. The maximum Gasteiger partial charge on any atom is 0.542 e. The van der Waals surface area contributed by atoms with Gasteiger partial charge in [0.15, 0.2) is 0 Å². The third-order valence-corrected chi connectivity index (χ3v) is 2.43. The highest BCUT2D eigenvalue weighted by Crippen LogP contribution is 2.37. The van der Waals surface area contributed by atoms with Crippen LogP contribution in [0.5, 0.6) is 0 Å². The van der Waals surface area contributed by atoms with Gasteiger partial charge < -0.3 is 5.11 Å². The molecule has 12 heavy (non-hydrogen) atoms. The first-order valence-corrected chi connectivity index (χ1v) is 4.86. The number of aliphatic hydroxyl groups is 1. The van der Waals surface area contributed by atoms with E-state index in [1.165, 1.54) is 6.07 Å². The molecule has 1 rings (SSSR count). The second kappa shape index (κ2) is 3.97.